The predicted octanol–water partition coefficient (Wildman–Crippen LogP) is 2.16. The highest BCUT2D eigenvalue weighted by Gasteiger charge is 2.12. The largest absolute Gasteiger partial charge is 0.389 e. The Morgan fingerprint density at radius 2 is 1.58 bits per heavy atom. The van der Waals surface area contributed by atoms with Crippen molar-refractivity contribution in [2.24, 2.45) is 0 Å². The lowest BCUT2D eigenvalue weighted by molar-refractivity contribution is 0.193. The van der Waals surface area contributed by atoms with Gasteiger partial charge in [0.1, 0.15) is 5.82 Å². The SMILES string of the molecule is C[C@H](O)c1cc(F)c(F)cc1F. The van der Waals surface area contributed by atoms with Crippen molar-refractivity contribution in [1.29, 1.82) is 0 Å². The minimum absolute atomic E-state index is 0.242. The number of hydrogen-bond donors (Lipinski definition) is 1. The number of aliphatic hydroxyl groups is 1. The number of hydrogen-bond acceptors (Lipinski definition) is 1. The van der Waals surface area contributed by atoms with Gasteiger partial charge in [0, 0.05) is 11.6 Å². The first-order chi connectivity index (χ1) is 5.52. The standard InChI is InChI=1S/C8H7F3O/c1-4(12)5-2-7(10)8(11)3-6(5)9/h2-4,12H,1H3/t4-/m0/s1. The van der Waals surface area contributed by atoms with Crippen molar-refractivity contribution in [3.63, 3.8) is 0 Å². The molecule has 1 atom stereocenters. The molecule has 1 nitrogen and oxygen atoms in total. The Kier molecular flexibility index (Phi) is 2.38. The van der Waals surface area contributed by atoms with Crippen LogP contribution in [0.2, 0.25) is 0 Å². The van der Waals surface area contributed by atoms with E-state index in [4.69, 9.17) is 5.11 Å². The smallest absolute Gasteiger partial charge is 0.161 e. The summed E-state index contributed by atoms with van der Waals surface area (Å²) in [6, 6.07) is 1.06. The number of rotatable bonds is 1. The quantitative estimate of drug-likeness (QED) is 0.650. The van der Waals surface area contributed by atoms with Gasteiger partial charge in [0.15, 0.2) is 11.6 Å². The highest BCUT2D eigenvalue weighted by Crippen LogP contribution is 2.19. The molecule has 0 radical (unpaired) electrons. The van der Waals surface area contributed by atoms with E-state index < -0.39 is 23.6 Å². The molecule has 1 aromatic rings. The predicted molar refractivity (Wildman–Crippen MR) is 36.9 cm³/mol. The zero-order valence-corrected chi connectivity index (χ0v) is 6.31. The summed E-state index contributed by atoms with van der Waals surface area (Å²) in [5.74, 6) is -3.35. The topological polar surface area (TPSA) is 20.2 Å². The first-order valence-electron chi connectivity index (χ1n) is 3.35. The molecule has 0 aliphatic carbocycles. The lowest BCUT2D eigenvalue weighted by Crippen LogP contribution is -1.98. The molecule has 4 heteroatoms. The average Bonchev–Trinajstić information content (AvgIpc) is 1.96. The molecule has 1 rings (SSSR count). The molecule has 0 amide bonds. The fourth-order valence-corrected chi connectivity index (χ4v) is 0.858. The summed E-state index contributed by atoms with van der Waals surface area (Å²) in [6.07, 6.45) is -1.14. The van der Waals surface area contributed by atoms with Gasteiger partial charge in [-0.15, -0.1) is 0 Å². The van der Waals surface area contributed by atoms with E-state index in [0.717, 1.165) is 0 Å². The minimum Gasteiger partial charge on any atom is -0.389 e. The van der Waals surface area contributed by atoms with Gasteiger partial charge in [-0.1, -0.05) is 0 Å². The van der Waals surface area contributed by atoms with Crippen LogP contribution in [0.1, 0.15) is 18.6 Å². The van der Waals surface area contributed by atoms with Crippen LogP contribution in [0.3, 0.4) is 0 Å². The monoisotopic (exact) mass is 176 g/mol. The summed E-state index contributed by atoms with van der Waals surface area (Å²) >= 11 is 0. The lowest BCUT2D eigenvalue weighted by Gasteiger charge is -2.05. The van der Waals surface area contributed by atoms with Crippen LogP contribution in [0.25, 0.3) is 0 Å². The van der Waals surface area contributed by atoms with Gasteiger partial charge in [-0.05, 0) is 13.0 Å². The van der Waals surface area contributed by atoms with Gasteiger partial charge in [-0.2, -0.15) is 0 Å². The maximum atomic E-state index is 12.7. The molecule has 66 valence electrons. The third kappa shape index (κ3) is 1.58. The van der Waals surface area contributed by atoms with E-state index in [1.807, 2.05) is 0 Å². The Morgan fingerprint density at radius 1 is 1.08 bits per heavy atom. The molecule has 0 aliphatic heterocycles. The molecular weight excluding hydrogens is 169 g/mol. The molecule has 1 aromatic carbocycles. The highest BCUT2D eigenvalue weighted by atomic mass is 19.2. The number of halogens is 3. The Labute approximate surface area is 67.5 Å². The van der Waals surface area contributed by atoms with Crippen molar-refractivity contribution in [3.05, 3.63) is 35.1 Å². The number of aliphatic hydroxyl groups excluding tert-OH is 1. The molecule has 0 saturated heterocycles. The molecule has 0 aliphatic rings. The van der Waals surface area contributed by atoms with E-state index in [1.165, 1.54) is 6.92 Å². The Balaban J connectivity index is 3.23. The third-order valence-electron chi connectivity index (χ3n) is 1.49. The maximum absolute atomic E-state index is 12.7. The molecular formula is C8H7F3O. The second kappa shape index (κ2) is 3.15. The summed E-state index contributed by atoms with van der Waals surface area (Å²) < 4.78 is 37.5. The zero-order valence-electron chi connectivity index (χ0n) is 6.31. The van der Waals surface area contributed by atoms with Crippen LogP contribution < -0.4 is 0 Å². The van der Waals surface area contributed by atoms with Crippen LogP contribution >= 0.6 is 0 Å². The highest BCUT2D eigenvalue weighted by molar-refractivity contribution is 5.21. The van der Waals surface area contributed by atoms with Gasteiger partial charge in [-0.25, -0.2) is 13.2 Å². The second-order valence-corrected chi connectivity index (χ2v) is 2.46. The fraction of sp³-hybridized carbons (Fsp3) is 0.250. The van der Waals surface area contributed by atoms with Gasteiger partial charge in [0.2, 0.25) is 0 Å². The molecule has 0 saturated carbocycles. The zero-order chi connectivity index (χ0) is 9.30. The van der Waals surface area contributed by atoms with Crippen molar-refractivity contribution in [2.45, 2.75) is 13.0 Å². The first kappa shape index (κ1) is 9.06. The molecule has 0 bridgehead atoms. The van der Waals surface area contributed by atoms with Crippen LogP contribution in [-0.4, -0.2) is 5.11 Å². The fourth-order valence-electron chi connectivity index (χ4n) is 0.858. The third-order valence-corrected chi connectivity index (χ3v) is 1.49. The van der Waals surface area contributed by atoms with Crippen molar-refractivity contribution < 1.29 is 18.3 Å². The summed E-state index contributed by atoms with van der Waals surface area (Å²) in [6.45, 7) is 1.27. The van der Waals surface area contributed by atoms with Gasteiger partial charge in [0.05, 0.1) is 6.10 Å². The van der Waals surface area contributed by atoms with Crippen LogP contribution in [0.15, 0.2) is 12.1 Å². The molecule has 0 fully saturated rings. The second-order valence-electron chi connectivity index (χ2n) is 2.46. The molecule has 0 unspecified atom stereocenters. The van der Waals surface area contributed by atoms with Crippen LogP contribution in [0, 0.1) is 17.5 Å². The molecule has 0 heterocycles. The summed E-state index contributed by atoms with van der Waals surface area (Å²) in [7, 11) is 0. The molecule has 0 aromatic heterocycles. The number of benzene rings is 1. The molecule has 0 spiro atoms. The first-order valence-corrected chi connectivity index (χ1v) is 3.35. The normalized spacial score (nSPS) is 13.1. The Morgan fingerprint density at radius 3 is 2.08 bits per heavy atom. The molecule has 1 N–H and O–H groups in total. The van der Waals surface area contributed by atoms with Crippen molar-refractivity contribution in [1.82, 2.24) is 0 Å². The Bertz CT molecular complexity index is 297. The van der Waals surface area contributed by atoms with E-state index in [9.17, 15) is 13.2 Å². The van der Waals surface area contributed by atoms with E-state index in [0.29, 0.717) is 12.1 Å². The summed E-state index contributed by atoms with van der Waals surface area (Å²) in [5.41, 5.74) is -0.242. The van der Waals surface area contributed by atoms with E-state index in [-0.39, 0.29) is 5.56 Å². The van der Waals surface area contributed by atoms with Crippen molar-refractivity contribution in [2.75, 3.05) is 0 Å². The van der Waals surface area contributed by atoms with Crippen LogP contribution in [0.5, 0.6) is 0 Å². The van der Waals surface area contributed by atoms with Gasteiger partial charge in [-0.3, -0.25) is 0 Å². The lowest BCUT2D eigenvalue weighted by atomic mass is 10.1. The minimum atomic E-state index is -1.25. The Hall–Kier alpha value is -1.03. The molecule has 12 heavy (non-hydrogen) atoms. The van der Waals surface area contributed by atoms with Crippen LogP contribution in [-0.2, 0) is 0 Å². The van der Waals surface area contributed by atoms with Gasteiger partial charge < -0.3 is 5.11 Å². The van der Waals surface area contributed by atoms with E-state index >= 15 is 0 Å². The average molecular weight is 176 g/mol. The van der Waals surface area contributed by atoms with E-state index in [2.05, 4.69) is 0 Å². The van der Waals surface area contributed by atoms with Gasteiger partial charge >= 0.3 is 0 Å². The van der Waals surface area contributed by atoms with Crippen molar-refractivity contribution in [3.8, 4) is 0 Å². The maximum Gasteiger partial charge on any atom is 0.161 e. The van der Waals surface area contributed by atoms with E-state index in [1.54, 1.807) is 0 Å². The van der Waals surface area contributed by atoms with Crippen LogP contribution in [0.4, 0.5) is 13.2 Å². The van der Waals surface area contributed by atoms with Crippen molar-refractivity contribution >= 4 is 0 Å². The summed E-state index contributed by atoms with van der Waals surface area (Å²) in [5, 5.41) is 8.89. The van der Waals surface area contributed by atoms with Gasteiger partial charge in [0.25, 0.3) is 0 Å². The summed E-state index contributed by atoms with van der Waals surface area (Å²) in [4.78, 5) is 0.